The van der Waals surface area contributed by atoms with Crippen LogP contribution in [0.5, 0.6) is 0 Å². The van der Waals surface area contributed by atoms with Crippen molar-refractivity contribution in [2.45, 2.75) is 24.8 Å². The molecule has 0 radical (unpaired) electrons. The van der Waals surface area contributed by atoms with Crippen LogP contribution in [0.3, 0.4) is 0 Å². The first-order chi connectivity index (χ1) is 16.9. The average molecular weight is 515 g/mol. The third-order valence-electron chi connectivity index (χ3n) is 6.93. The molecule has 0 spiro atoms. The molecule has 3 aromatic rings. The lowest BCUT2D eigenvalue weighted by Crippen LogP contribution is -2.53. The lowest BCUT2D eigenvalue weighted by atomic mass is 9.78. The van der Waals surface area contributed by atoms with Gasteiger partial charge in [0.1, 0.15) is 11.6 Å². The van der Waals surface area contributed by atoms with Gasteiger partial charge in [0.2, 0.25) is 5.91 Å². The first kappa shape index (κ1) is 24.2. The summed E-state index contributed by atoms with van der Waals surface area (Å²) < 4.78 is 28.1. The molecule has 3 aromatic carbocycles. The molecule has 1 saturated carbocycles. The lowest BCUT2D eigenvalue weighted by molar-refractivity contribution is -0.125. The van der Waals surface area contributed by atoms with Crippen molar-refractivity contribution >= 4 is 29.1 Å². The summed E-state index contributed by atoms with van der Waals surface area (Å²) in [7, 11) is 0. The van der Waals surface area contributed by atoms with Crippen molar-refractivity contribution in [1.29, 1.82) is 0 Å². The summed E-state index contributed by atoms with van der Waals surface area (Å²) in [4.78, 5) is 15.5. The topological polar surface area (TPSA) is 32.3 Å². The third kappa shape index (κ3) is 5.69. The minimum absolute atomic E-state index is 0.0554. The van der Waals surface area contributed by atoms with Crippen molar-refractivity contribution in [3.8, 4) is 0 Å². The van der Waals surface area contributed by atoms with Gasteiger partial charge in [-0.05, 0) is 71.8 Å². The SMILES string of the molecule is O=C(NCC1CC1)C(c1cc(F)cc(F)c1)C1CN(C(c2ccc(Cl)cc2)c2ccc(Cl)cc2)C1. The van der Waals surface area contributed by atoms with E-state index in [4.69, 9.17) is 23.2 Å². The van der Waals surface area contributed by atoms with E-state index >= 15 is 0 Å². The number of halogens is 4. The number of nitrogens with zero attached hydrogens (tertiary/aromatic N) is 1. The van der Waals surface area contributed by atoms with Gasteiger partial charge in [-0.3, -0.25) is 9.69 Å². The van der Waals surface area contributed by atoms with Gasteiger partial charge < -0.3 is 5.32 Å². The summed E-state index contributed by atoms with van der Waals surface area (Å²) in [6.07, 6.45) is 2.22. The Morgan fingerprint density at radius 2 is 1.37 bits per heavy atom. The lowest BCUT2D eigenvalue weighted by Gasteiger charge is -2.47. The van der Waals surface area contributed by atoms with Gasteiger partial charge in [-0.1, -0.05) is 47.5 Å². The zero-order valence-electron chi connectivity index (χ0n) is 19.1. The van der Waals surface area contributed by atoms with Gasteiger partial charge in [0, 0.05) is 41.7 Å². The van der Waals surface area contributed by atoms with E-state index in [0.29, 0.717) is 41.2 Å². The number of hydrogen-bond acceptors (Lipinski definition) is 2. The number of benzene rings is 3. The molecule has 1 amide bonds. The van der Waals surface area contributed by atoms with Crippen molar-refractivity contribution < 1.29 is 13.6 Å². The minimum atomic E-state index is -0.670. The fourth-order valence-electron chi connectivity index (χ4n) is 4.94. The number of hydrogen-bond donors (Lipinski definition) is 1. The Hall–Kier alpha value is -2.47. The molecule has 0 aromatic heterocycles. The fourth-order valence-corrected chi connectivity index (χ4v) is 5.20. The Morgan fingerprint density at radius 1 is 0.857 bits per heavy atom. The third-order valence-corrected chi connectivity index (χ3v) is 7.44. The monoisotopic (exact) mass is 514 g/mol. The smallest absolute Gasteiger partial charge is 0.227 e. The molecule has 2 aliphatic rings. The molecule has 1 aliphatic heterocycles. The molecule has 182 valence electrons. The van der Waals surface area contributed by atoms with Crippen molar-refractivity contribution in [2.75, 3.05) is 19.6 Å². The molecule has 7 heteroatoms. The minimum Gasteiger partial charge on any atom is -0.355 e. The van der Waals surface area contributed by atoms with Crippen LogP contribution in [0.25, 0.3) is 0 Å². The molecule has 1 saturated heterocycles. The number of nitrogens with one attached hydrogen (secondary N) is 1. The summed E-state index contributed by atoms with van der Waals surface area (Å²) in [6, 6.07) is 18.8. The van der Waals surface area contributed by atoms with E-state index in [1.165, 1.54) is 12.1 Å². The highest BCUT2D eigenvalue weighted by molar-refractivity contribution is 6.30. The Bertz CT molecular complexity index is 1130. The number of likely N-dealkylation sites (tertiary alicyclic amines) is 1. The van der Waals surface area contributed by atoms with Crippen LogP contribution >= 0.6 is 23.2 Å². The first-order valence-corrected chi connectivity index (χ1v) is 12.6. The molecule has 5 rings (SSSR count). The van der Waals surface area contributed by atoms with Crippen LogP contribution in [0, 0.1) is 23.5 Å². The van der Waals surface area contributed by atoms with Crippen molar-refractivity contribution in [2.24, 2.45) is 11.8 Å². The maximum absolute atomic E-state index is 14.1. The predicted molar refractivity (Wildman–Crippen MR) is 135 cm³/mol. The number of carbonyl (C=O) groups excluding carboxylic acids is 1. The summed E-state index contributed by atoms with van der Waals surface area (Å²) in [6.45, 7) is 1.83. The van der Waals surface area contributed by atoms with E-state index in [0.717, 1.165) is 30.0 Å². The van der Waals surface area contributed by atoms with Crippen molar-refractivity contribution in [3.63, 3.8) is 0 Å². The van der Waals surface area contributed by atoms with Crippen LogP contribution in [0.1, 0.15) is 41.5 Å². The Balaban J connectivity index is 1.40. The second-order valence-electron chi connectivity index (χ2n) is 9.59. The molecule has 2 fully saturated rings. The van der Waals surface area contributed by atoms with Crippen LogP contribution in [0.4, 0.5) is 8.78 Å². The van der Waals surface area contributed by atoms with Gasteiger partial charge in [-0.2, -0.15) is 0 Å². The number of carbonyl (C=O) groups is 1. The molecule has 3 nitrogen and oxygen atoms in total. The standard InChI is InChI=1S/C28H26Cl2F2N2O/c29-22-7-3-18(4-8-22)27(19-5-9-23(30)10-6-19)34-15-21(16-34)26(28(35)33-14-17-1-2-17)20-11-24(31)13-25(32)12-20/h3-13,17,21,26-27H,1-2,14-16H2,(H,33,35). The van der Waals surface area contributed by atoms with Crippen LogP contribution < -0.4 is 5.32 Å². The van der Waals surface area contributed by atoms with E-state index < -0.39 is 17.6 Å². The second kappa shape index (κ2) is 10.3. The van der Waals surface area contributed by atoms with E-state index in [-0.39, 0.29) is 17.9 Å². The van der Waals surface area contributed by atoms with E-state index in [9.17, 15) is 13.6 Å². The van der Waals surface area contributed by atoms with Gasteiger partial charge in [0.25, 0.3) is 0 Å². The average Bonchev–Trinajstić information content (AvgIpc) is 3.62. The van der Waals surface area contributed by atoms with Gasteiger partial charge in [-0.25, -0.2) is 8.78 Å². The maximum atomic E-state index is 14.1. The molecule has 1 N–H and O–H groups in total. The summed E-state index contributed by atoms with van der Waals surface area (Å²) >= 11 is 12.2. The molecule has 0 bridgehead atoms. The first-order valence-electron chi connectivity index (χ1n) is 11.9. The Kier molecular flexibility index (Phi) is 7.10. The molecule has 1 unspecified atom stereocenters. The quantitative estimate of drug-likeness (QED) is 0.367. The molecule has 1 aliphatic carbocycles. The predicted octanol–water partition coefficient (Wildman–Crippen LogP) is 6.60. The van der Waals surface area contributed by atoms with Crippen LogP contribution in [0.15, 0.2) is 66.7 Å². The van der Waals surface area contributed by atoms with Gasteiger partial charge in [-0.15, -0.1) is 0 Å². The van der Waals surface area contributed by atoms with E-state index in [1.54, 1.807) is 0 Å². The molecular formula is C28H26Cl2F2N2O. The van der Waals surface area contributed by atoms with E-state index in [2.05, 4.69) is 10.2 Å². The fraction of sp³-hybridized carbons (Fsp3) is 0.321. The Labute approximate surface area is 214 Å². The van der Waals surface area contributed by atoms with Gasteiger partial charge in [0.05, 0.1) is 12.0 Å². The van der Waals surface area contributed by atoms with E-state index in [1.807, 2.05) is 48.5 Å². The van der Waals surface area contributed by atoms with Crippen molar-refractivity contribution in [3.05, 3.63) is 105 Å². The largest absolute Gasteiger partial charge is 0.355 e. The van der Waals surface area contributed by atoms with Crippen molar-refractivity contribution in [1.82, 2.24) is 10.2 Å². The summed E-state index contributed by atoms with van der Waals surface area (Å²) in [5, 5.41) is 4.34. The highest BCUT2D eigenvalue weighted by atomic mass is 35.5. The summed E-state index contributed by atoms with van der Waals surface area (Å²) in [5.41, 5.74) is 2.53. The zero-order valence-corrected chi connectivity index (χ0v) is 20.6. The summed E-state index contributed by atoms with van der Waals surface area (Å²) in [5.74, 6) is -1.68. The zero-order chi connectivity index (χ0) is 24.5. The van der Waals surface area contributed by atoms with Crippen LogP contribution in [0.2, 0.25) is 10.0 Å². The number of rotatable bonds is 8. The molecule has 1 heterocycles. The Morgan fingerprint density at radius 3 is 1.86 bits per heavy atom. The van der Waals surface area contributed by atoms with Gasteiger partial charge >= 0.3 is 0 Å². The van der Waals surface area contributed by atoms with Gasteiger partial charge in [0.15, 0.2) is 0 Å². The van der Waals surface area contributed by atoms with Crippen LogP contribution in [-0.2, 0) is 4.79 Å². The second-order valence-corrected chi connectivity index (χ2v) is 10.5. The molecule has 1 atom stereocenters. The normalized spacial score (nSPS) is 17.3. The maximum Gasteiger partial charge on any atom is 0.227 e. The van der Waals surface area contributed by atoms with Crippen LogP contribution in [-0.4, -0.2) is 30.4 Å². The molecular weight excluding hydrogens is 489 g/mol. The molecule has 35 heavy (non-hydrogen) atoms. The highest BCUT2D eigenvalue weighted by Gasteiger charge is 2.42. The number of amides is 1. The highest BCUT2D eigenvalue weighted by Crippen LogP contribution is 2.41.